The summed E-state index contributed by atoms with van der Waals surface area (Å²) in [5, 5.41) is 11.5. The molecule has 0 aromatic rings. The van der Waals surface area contributed by atoms with Crippen LogP contribution in [0, 0.1) is 5.92 Å². The summed E-state index contributed by atoms with van der Waals surface area (Å²) in [5.74, 6) is -1.43. The monoisotopic (exact) mass is 273 g/mol. The molecule has 1 aliphatic rings. The number of carbonyl (C=O) groups excluding carboxylic acids is 1. The van der Waals surface area contributed by atoms with Gasteiger partial charge in [0, 0.05) is 19.6 Å². The Morgan fingerprint density at radius 2 is 2.00 bits per heavy atom. The molecule has 6 nitrogen and oxygen atoms in total. The number of nitrogens with one attached hydrogen (secondary N) is 1. The number of rotatable bonds is 7. The van der Waals surface area contributed by atoms with Crippen molar-refractivity contribution in [1.82, 2.24) is 5.32 Å². The summed E-state index contributed by atoms with van der Waals surface area (Å²) in [7, 11) is 0. The summed E-state index contributed by atoms with van der Waals surface area (Å²) < 4.78 is 10.8. The molecule has 0 aromatic carbocycles. The van der Waals surface area contributed by atoms with Crippen LogP contribution in [0.2, 0.25) is 0 Å². The van der Waals surface area contributed by atoms with Crippen molar-refractivity contribution in [2.45, 2.75) is 45.3 Å². The van der Waals surface area contributed by atoms with Gasteiger partial charge in [-0.3, -0.25) is 4.79 Å². The minimum absolute atomic E-state index is 0.141. The van der Waals surface area contributed by atoms with Gasteiger partial charge in [0.25, 0.3) is 0 Å². The zero-order valence-corrected chi connectivity index (χ0v) is 11.6. The van der Waals surface area contributed by atoms with Crippen molar-refractivity contribution < 1.29 is 24.2 Å². The first-order valence-electron chi connectivity index (χ1n) is 6.72. The van der Waals surface area contributed by atoms with Crippen molar-refractivity contribution in [1.29, 1.82) is 0 Å². The molecule has 19 heavy (non-hydrogen) atoms. The van der Waals surface area contributed by atoms with Crippen molar-refractivity contribution in [3.8, 4) is 0 Å². The highest BCUT2D eigenvalue weighted by Gasteiger charge is 2.23. The van der Waals surface area contributed by atoms with Gasteiger partial charge in [0.15, 0.2) is 0 Å². The van der Waals surface area contributed by atoms with Gasteiger partial charge in [-0.2, -0.15) is 0 Å². The molecule has 0 aliphatic carbocycles. The van der Waals surface area contributed by atoms with E-state index in [-0.39, 0.29) is 24.3 Å². The van der Waals surface area contributed by atoms with Crippen LogP contribution in [-0.2, 0) is 19.1 Å². The summed E-state index contributed by atoms with van der Waals surface area (Å²) in [6.45, 7) is 5.24. The van der Waals surface area contributed by atoms with Crippen LogP contribution in [-0.4, -0.2) is 48.9 Å². The Kier molecular flexibility index (Phi) is 6.80. The minimum atomic E-state index is -1.01. The van der Waals surface area contributed by atoms with Crippen LogP contribution in [0.1, 0.15) is 33.1 Å². The van der Waals surface area contributed by atoms with E-state index in [1.165, 1.54) is 0 Å². The van der Waals surface area contributed by atoms with Gasteiger partial charge in [0.1, 0.15) is 6.04 Å². The van der Waals surface area contributed by atoms with Gasteiger partial charge in [0.2, 0.25) is 5.91 Å². The number of carboxylic acid groups (broad SMARTS) is 1. The van der Waals surface area contributed by atoms with E-state index in [1.807, 2.05) is 0 Å². The summed E-state index contributed by atoms with van der Waals surface area (Å²) in [6, 6.07) is -0.837. The Morgan fingerprint density at radius 1 is 1.37 bits per heavy atom. The number of carboxylic acids is 1. The van der Waals surface area contributed by atoms with Gasteiger partial charge in [-0.1, -0.05) is 13.8 Å². The third-order valence-corrected chi connectivity index (χ3v) is 3.10. The van der Waals surface area contributed by atoms with Crippen LogP contribution in [0.25, 0.3) is 0 Å². The highest BCUT2D eigenvalue weighted by Crippen LogP contribution is 2.10. The third-order valence-electron chi connectivity index (χ3n) is 3.10. The Balaban J connectivity index is 2.21. The smallest absolute Gasteiger partial charge is 0.326 e. The zero-order valence-electron chi connectivity index (χ0n) is 11.6. The quantitative estimate of drug-likeness (QED) is 0.716. The number of hydrogen-bond acceptors (Lipinski definition) is 4. The van der Waals surface area contributed by atoms with Gasteiger partial charge in [-0.25, -0.2) is 4.79 Å². The average molecular weight is 273 g/mol. The molecule has 2 N–H and O–H groups in total. The topological polar surface area (TPSA) is 84.9 Å². The summed E-state index contributed by atoms with van der Waals surface area (Å²) in [4.78, 5) is 22.6. The molecule has 110 valence electrons. The van der Waals surface area contributed by atoms with E-state index in [2.05, 4.69) is 5.32 Å². The lowest BCUT2D eigenvalue weighted by Gasteiger charge is -2.22. The normalized spacial score (nSPS) is 18.3. The second-order valence-electron chi connectivity index (χ2n) is 5.06. The number of carbonyl (C=O) groups is 2. The molecule has 1 amide bonds. The second kappa shape index (κ2) is 8.12. The first-order chi connectivity index (χ1) is 9.00. The van der Waals surface area contributed by atoms with Crippen molar-refractivity contribution >= 4 is 11.9 Å². The van der Waals surface area contributed by atoms with Crippen molar-refractivity contribution in [2.75, 3.05) is 19.8 Å². The van der Waals surface area contributed by atoms with Gasteiger partial charge in [-0.15, -0.1) is 0 Å². The highest BCUT2D eigenvalue weighted by molar-refractivity contribution is 5.83. The van der Waals surface area contributed by atoms with E-state index in [0.29, 0.717) is 19.8 Å². The molecular formula is C13H23NO5. The minimum Gasteiger partial charge on any atom is -0.480 e. The molecule has 1 heterocycles. The fourth-order valence-electron chi connectivity index (χ4n) is 1.92. The van der Waals surface area contributed by atoms with E-state index in [0.717, 1.165) is 12.8 Å². The lowest BCUT2D eigenvalue weighted by atomic mass is 10.0. The highest BCUT2D eigenvalue weighted by atomic mass is 16.5. The lowest BCUT2D eigenvalue weighted by Crippen LogP contribution is -2.44. The fourth-order valence-corrected chi connectivity index (χ4v) is 1.92. The molecule has 1 aliphatic heterocycles. The maximum Gasteiger partial charge on any atom is 0.326 e. The maximum atomic E-state index is 11.6. The molecule has 1 saturated heterocycles. The maximum absolute atomic E-state index is 11.6. The first kappa shape index (κ1) is 15.9. The predicted molar refractivity (Wildman–Crippen MR) is 68.8 cm³/mol. The predicted octanol–water partition coefficient (Wildman–Crippen LogP) is 0.798. The summed E-state index contributed by atoms with van der Waals surface area (Å²) >= 11 is 0. The van der Waals surface area contributed by atoms with Crippen molar-refractivity contribution in [3.63, 3.8) is 0 Å². The van der Waals surface area contributed by atoms with Gasteiger partial charge < -0.3 is 19.9 Å². The first-order valence-corrected chi connectivity index (χ1v) is 6.72. The number of amides is 1. The molecule has 0 spiro atoms. The largest absolute Gasteiger partial charge is 0.480 e. The molecule has 0 radical (unpaired) electrons. The molecule has 1 atom stereocenters. The third kappa shape index (κ3) is 6.02. The molecule has 0 bridgehead atoms. The molecule has 0 unspecified atom stereocenters. The molecule has 0 saturated carbocycles. The van der Waals surface area contributed by atoms with Gasteiger partial charge >= 0.3 is 5.97 Å². The summed E-state index contributed by atoms with van der Waals surface area (Å²) in [6.07, 6.45) is 2.05. The molecule has 6 heteroatoms. The lowest BCUT2D eigenvalue weighted by molar-refractivity contribution is -0.143. The van der Waals surface area contributed by atoms with Crippen molar-refractivity contribution in [3.05, 3.63) is 0 Å². The Bertz CT molecular complexity index is 299. The summed E-state index contributed by atoms with van der Waals surface area (Å²) in [5.41, 5.74) is 0. The van der Waals surface area contributed by atoms with Crippen LogP contribution >= 0.6 is 0 Å². The Hall–Kier alpha value is -1.14. The molecule has 1 fully saturated rings. The molecule has 0 aromatic heterocycles. The van der Waals surface area contributed by atoms with Crippen LogP contribution in [0.5, 0.6) is 0 Å². The SMILES string of the molecule is CC(C)[C@H](NC(=O)CCOC1CCOCC1)C(=O)O. The average Bonchev–Trinajstić information content (AvgIpc) is 2.36. The van der Waals surface area contributed by atoms with Gasteiger partial charge in [-0.05, 0) is 18.8 Å². The zero-order chi connectivity index (χ0) is 14.3. The van der Waals surface area contributed by atoms with Crippen LogP contribution in [0.15, 0.2) is 0 Å². The van der Waals surface area contributed by atoms with Gasteiger partial charge in [0.05, 0.1) is 12.7 Å². The fraction of sp³-hybridized carbons (Fsp3) is 0.846. The van der Waals surface area contributed by atoms with Crippen LogP contribution in [0.4, 0.5) is 0 Å². The number of aliphatic carboxylic acids is 1. The molecule has 1 rings (SSSR count). The Morgan fingerprint density at radius 3 is 2.53 bits per heavy atom. The number of hydrogen-bond donors (Lipinski definition) is 2. The van der Waals surface area contributed by atoms with Crippen molar-refractivity contribution in [2.24, 2.45) is 5.92 Å². The molecular weight excluding hydrogens is 250 g/mol. The van der Waals surface area contributed by atoms with E-state index < -0.39 is 12.0 Å². The van der Waals surface area contributed by atoms with Crippen LogP contribution < -0.4 is 5.32 Å². The van der Waals surface area contributed by atoms with E-state index in [4.69, 9.17) is 14.6 Å². The van der Waals surface area contributed by atoms with E-state index in [9.17, 15) is 9.59 Å². The standard InChI is InChI=1S/C13H23NO5/c1-9(2)12(13(16)17)14-11(15)5-8-19-10-3-6-18-7-4-10/h9-10,12H,3-8H2,1-2H3,(H,14,15)(H,16,17)/t12-/m0/s1. The van der Waals surface area contributed by atoms with Crippen LogP contribution in [0.3, 0.4) is 0 Å². The Labute approximate surface area is 113 Å². The van der Waals surface area contributed by atoms with E-state index in [1.54, 1.807) is 13.8 Å². The van der Waals surface area contributed by atoms with E-state index >= 15 is 0 Å². The second-order valence-corrected chi connectivity index (χ2v) is 5.06. The number of ether oxygens (including phenoxy) is 2.